The van der Waals surface area contributed by atoms with E-state index in [1.165, 1.54) is 0 Å². The number of aromatic amines is 1. The Kier molecular flexibility index (Phi) is 4.26. The molecule has 0 saturated carbocycles. The summed E-state index contributed by atoms with van der Waals surface area (Å²) in [6.07, 6.45) is 3.22. The van der Waals surface area contributed by atoms with Crippen molar-refractivity contribution in [1.82, 2.24) is 20.4 Å². The van der Waals surface area contributed by atoms with Gasteiger partial charge in [-0.15, -0.1) is 0 Å². The number of nitrogen functional groups attached to an aromatic ring is 1. The minimum Gasteiger partial charge on any atom is -0.382 e. The molecule has 1 atom stereocenters. The number of likely N-dealkylation sites (tertiary alicyclic amines) is 1. The summed E-state index contributed by atoms with van der Waals surface area (Å²) < 4.78 is 0. The smallest absolute Gasteiger partial charge is 0.257 e. The van der Waals surface area contributed by atoms with Gasteiger partial charge in [-0.05, 0) is 33.1 Å². The highest BCUT2D eigenvalue weighted by molar-refractivity contribution is 6.01. The molecule has 0 radical (unpaired) electrons. The topological polar surface area (TPSA) is 104 Å². The largest absolute Gasteiger partial charge is 0.382 e. The van der Waals surface area contributed by atoms with E-state index in [9.17, 15) is 9.59 Å². The molecule has 0 aromatic carbocycles. The number of aryl methyl sites for hydroxylation is 1. The number of rotatable bonds is 3. The first kappa shape index (κ1) is 14.4. The summed E-state index contributed by atoms with van der Waals surface area (Å²) in [5, 5.41) is 9.12. The molecule has 0 bridgehead atoms. The molecule has 110 valence electrons. The first-order chi connectivity index (χ1) is 9.50. The summed E-state index contributed by atoms with van der Waals surface area (Å²) >= 11 is 0. The highest BCUT2D eigenvalue weighted by atomic mass is 16.2. The predicted octanol–water partition coefficient (Wildman–Crippen LogP) is 0.431. The first-order valence-electron chi connectivity index (χ1n) is 6.90. The van der Waals surface area contributed by atoms with Crippen LogP contribution in [0.4, 0.5) is 5.82 Å². The van der Waals surface area contributed by atoms with Gasteiger partial charge >= 0.3 is 0 Å². The lowest BCUT2D eigenvalue weighted by Crippen LogP contribution is -2.48. The van der Waals surface area contributed by atoms with E-state index >= 15 is 0 Å². The fourth-order valence-electron chi connectivity index (χ4n) is 2.45. The van der Waals surface area contributed by atoms with E-state index in [-0.39, 0.29) is 17.6 Å². The van der Waals surface area contributed by atoms with Crippen LogP contribution in [0.25, 0.3) is 0 Å². The Hall–Kier alpha value is -2.05. The second-order valence-electron chi connectivity index (χ2n) is 5.19. The monoisotopic (exact) mass is 279 g/mol. The van der Waals surface area contributed by atoms with Crippen LogP contribution in [-0.2, 0) is 4.79 Å². The maximum Gasteiger partial charge on any atom is 0.257 e. The number of nitrogens with two attached hydrogens (primary N) is 1. The molecule has 7 nitrogen and oxygen atoms in total. The average molecular weight is 279 g/mol. The van der Waals surface area contributed by atoms with E-state index in [4.69, 9.17) is 5.73 Å². The van der Waals surface area contributed by atoms with Gasteiger partial charge in [0.05, 0.1) is 0 Å². The zero-order chi connectivity index (χ0) is 14.7. The lowest BCUT2D eigenvalue weighted by Gasteiger charge is -2.29. The van der Waals surface area contributed by atoms with Gasteiger partial charge < -0.3 is 16.0 Å². The molecule has 1 fully saturated rings. The number of anilines is 1. The highest BCUT2D eigenvalue weighted by Gasteiger charge is 2.25. The first-order valence-corrected chi connectivity index (χ1v) is 6.90. The van der Waals surface area contributed by atoms with Crippen LogP contribution >= 0.6 is 0 Å². The maximum absolute atomic E-state index is 12.2. The van der Waals surface area contributed by atoms with Crippen molar-refractivity contribution >= 4 is 17.6 Å². The van der Waals surface area contributed by atoms with Gasteiger partial charge in [0.25, 0.3) is 5.91 Å². The van der Waals surface area contributed by atoms with Crippen molar-refractivity contribution in [1.29, 1.82) is 0 Å². The lowest BCUT2D eigenvalue weighted by molar-refractivity contribution is -0.133. The number of carbonyl (C=O) groups is 2. The molecular weight excluding hydrogens is 258 g/mol. The van der Waals surface area contributed by atoms with Gasteiger partial charge in [-0.3, -0.25) is 14.7 Å². The average Bonchev–Trinajstić information content (AvgIpc) is 2.78. The Bertz CT molecular complexity index is 485. The number of aromatic nitrogens is 2. The fraction of sp³-hybridized carbons (Fsp3) is 0.615. The molecule has 1 aromatic heterocycles. The molecule has 0 aliphatic carbocycles. The summed E-state index contributed by atoms with van der Waals surface area (Å²) in [5.41, 5.74) is 6.54. The zero-order valence-electron chi connectivity index (χ0n) is 11.9. The van der Waals surface area contributed by atoms with Gasteiger partial charge in [-0.2, -0.15) is 5.10 Å². The van der Waals surface area contributed by atoms with Crippen molar-refractivity contribution < 1.29 is 9.59 Å². The Balaban J connectivity index is 1.98. The second kappa shape index (κ2) is 5.94. The third-order valence-corrected chi connectivity index (χ3v) is 3.59. The van der Waals surface area contributed by atoms with Crippen LogP contribution in [0.5, 0.6) is 0 Å². The fourth-order valence-corrected chi connectivity index (χ4v) is 2.45. The molecule has 2 heterocycles. The van der Waals surface area contributed by atoms with Crippen molar-refractivity contribution in [2.24, 2.45) is 0 Å². The molecular formula is C13H21N5O2. The number of carbonyl (C=O) groups excluding carboxylic acids is 2. The van der Waals surface area contributed by atoms with Gasteiger partial charge in [0.1, 0.15) is 11.6 Å². The second-order valence-corrected chi connectivity index (χ2v) is 5.19. The van der Waals surface area contributed by atoms with Gasteiger partial charge in [-0.1, -0.05) is 0 Å². The van der Waals surface area contributed by atoms with E-state index < -0.39 is 6.04 Å². The van der Waals surface area contributed by atoms with E-state index in [2.05, 4.69) is 15.5 Å². The van der Waals surface area contributed by atoms with Crippen LogP contribution in [0.15, 0.2) is 0 Å². The van der Waals surface area contributed by atoms with Crippen molar-refractivity contribution in [2.45, 2.75) is 39.2 Å². The molecule has 1 saturated heterocycles. The summed E-state index contributed by atoms with van der Waals surface area (Å²) in [4.78, 5) is 26.2. The molecule has 1 aliphatic rings. The van der Waals surface area contributed by atoms with Crippen LogP contribution in [0, 0.1) is 6.92 Å². The molecule has 1 aliphatic heterocycles. The van der Waals surface area contributed by atoms with Gasteiger partial charge in [0.2, 0.25) is 5.91 Å². The van der Waals surface area contributed by atoms with Crippen molar-refractivity contribution in [2.75, 3.05) is 18.8 Å². The Labute approximate surface area is 117 Å². The molecule has 2 amide bonds. The highest BCUT2D eigenvalue weighted by Crippen LogP contribution is 2.13. The number of hydrogen-bond acceptors (Lipinski definition) is 4. The molecule has 0 spiro atoms. The number of nitrogens with one attached hydrogen (secondary N) is 2. The van der Waals surface area contributed by atoms with E-state index in [0.717, 1.165) is 32.4 Å². The molecule has 7 heteroatoms. The molecule has 2 rings (SSSR count). The predicted molar refractivity (Wildman–Crippen MR) is 75.1 cm³/mol. The zero-order valence-corrected chi connectivity index (χ0v) is 11.9. The van der Waals surface area contributed by atoms with Gasteiger partial charge in [0.15, 0.2) is 5.82 Å². The Morgan fingerprint density at radius 3 is 2.55 bits per heavy atom. The molecule has 20 heavy (non-hydrogen) atoms. The summed E-state index contributed by atoms with van der Waals surface area (Å²) in [6.45, 7) is 4.95. The minimum atomic E-state index is -0.561. The van der Waals surface area contributed by atoms with Gasteiger partial charge in [-0.25, -0.2) is 0 Å². The lowest BCUT2D eigenvalue weighted by atomic mass is 10.1. The third kappa shape index (κ3) is 2.92. The normalized spacial score (nSPS) is 16.8. The van der Waals surface area contributed by atoms with Crippen LogP contribution < -0.4 is 11.1 Å². The third-order valence-electron chi connectivity index (χ3n) is 3.59. The molecule has 4 N–H and O–H groups in total. The van der Waals surface area contributed by atoms with Crippen LogP contribution in [0.1, 0.15) is 42.2 Å². The van der Waals surface area contributed by atoms with E-state index in [1.807, 2.05) is 0 Å². The Morgan fingerprint density at radius 1 is 1.35 bits per heavy atom. The maximum atomic E-state index is 12.2. The Morgan fingerprint density at radius 2 is 2.00 bits per heavy atom. The standard InChI is InChI=1S/C13H21N5O2/c1-8-10(11(14)17-16-8)12(19)15-9(2)13(20)18-6-4-3-5-7-18/h9H,3-7H2,1-2H3,(H,15,19)(H3,14,16,17). The van der Waals surface area contributed by atoms with Crippen LogP contribution in [0.3, 0.4) is 0 Å². The summed E-state index contributed by atoms with van der Waals surface area (Å²) in [5.74, 6) is -0.262. The SMILES string of the molecule is Cc1[nH]nc(N)c1C(=O)NC(C)C(=O)N1CCCCC1. The number of amides is 2. The summed E-state index contributed by atoms with van der Waals surface area (Å²) in [7, 11) is 0. The van der Waals surface area contributed by atoms with E-state index in [1.54, 1.807) is 18.7 Å². The molecule has 1 aromatic rings. The quantitative estimate of drug-likeness (QED) is 0.746. The number of piperidine rings is 1. The van der Waals surface area contributed by atoms with Crippen molar-refractivity contribution in [3.05, 3.63) is 11.3 Å². The molecule has 1 unspecified atom stereocenters. The van der Waals surface area contributed by atoms with Crippen LogP contribution in [-0.4, -0.2) is 46.0 Å². The van der Waals surface area contributed by atoms with Crippen molar-refractivity contribution in [3.63, 3.8) is 0 Å². The number of H-pyrrole nitrogens is 1. The van der Waals surface area contributed by atoms with Crippen molar-refractivity contribution in [3.8, 4) is 0 Å². The van der Waals surface area contributed by atoms with E-state index in [0.29, 0.717) is 11.3 Å². The van der Waals surface area contributed by atoms with Gasteiger partial charge in [0, 0.05) is 18.8 Å². The number of hydrogen-bond donors (Lipinski definition) is 3. The van der Waals surface area contributed by atoms with Crippen LogP contribution in [0.2, 0.25) is 0 Å². The minimum absolute atomic E-state index is 0.0437. The summed E-state index contributed by atoms with van der Waals surface area (Å²) in [6, 6.07) is -0.561. The number of nitrogens with zero attached hydrogens (tertiary/aromatic N) is 2.